The quantitative estimate of drug-likeness (QED) is 0.875. The van der Waals surface area contributed by atoms with Crippen LogP contribution in [-0.4, -0.2) is 23.0 Å². The topological polar surface area (TPSA) is 64.1 Å². The summed E-state index contributed by atoms with van der Waals surface area (Å²) in [5, 5.41) is 3.25. The van der Waals surface area contributed by atoms with Crippen molar-refractivity contribution in [2.45, 2.75) is 26.3 Å². The normalized spacial score (nSPS) is 13.3. The number of hydrogen-bond acceptors (Lipinski definition) is 5. The van der Waals surface area contributed by atoms with E-state index in [2.05, 4.69) is 15.3 Å². The Morgan fingerprint density at radius 3 is 2.48 bits per heavy atom. The van der Waals surface area contributed by atoms with Crippen LogP contribution in [-0.2, 0) is 15.1 Å². The van der Waals surface area contributed by atoms with E-state index in [4.69, 9.17) is 4.74 Å². The van der Waals surface area contributed by atoms with Crippen LogP contribution < -0.4 is 5.32 Å². The van der Waals surface area contributed by atoms with E-state index in [1.165, 1.54) is 7.11 Å². The zero-order valence-electron chi connectivity index (χ0n) is 12.7. The van der Waals surface area contributed by atoms with E-state index in [-0.39, 0.29) is 0 Å². The molecule has 0 amide bonds. The lowest BCUT2D eigenvalue weighted by Crippen LogP contribution is -2.43. The van der Waals surface area contributed by atoms with E-state index in [0.717, 1.165) is 11.3 Å². The van der Waals surface area contributed by atoms with Crippen molar-refractivity contribution in [3.63, 3.8) is 0 Å². The number of benzene rings is 1. The van der Waals surface area contributed by atoms with Crippen molar-refractivity contribution >= 4 is 11.7 Å². The third-order valence-corrected chi connectivity index (χ3v) is 3.48. The molecule has 1 N–H and O–H groups in total. The lowest BCUT2D eigenvalue weighted by Gasteiger charge is -2.29. The van der Waals surface area contributed by atoms with Crippen molar-refractivity contribution in [2.75, 3.05) is 12.4 Å². The van der Waals surface area contributed by atoms with Crippen molar-refractivity contribution in [2.24, 2.45) is 0 Å². The highest BCUT2D eigenvalue weighted by molar-refractivity contribution is 5.85. The van der Waals surface area contributed by atoms with Gasteiger partial charge in [0.1, 0.15) is 0 Å². The molecule has 0 bridgehead atoms. The first kappa shape index (κ1) is 15.0. The summed E-state index contributed by atoms with van der Waals surface area (Å²) in [6, 6.07) is 7.76. The molecule has 110 valence electrons. The summed E-state index contributed by atoms with van der Waals surface area (Å²) < 4.78 is 4.97. The molecule has 5 heteroatoms. The molecule has 0 radical (unpaired) electrons. The fraction of sp³-hybridized carbons (Fsp3) is 0.312. The molecule has 2 rings (SSSR count). The highest BCUT2D eigenvalue weighted by atomic mass is 16.5. The maximum absolute atomic E-state index is 12.3. The molecule has 1 heterocycles. The number of nitrogens with zero attached hydrogens (tertiary/aromatic N) is 2. The van der Waals surface area contributed by atoms with Gasteiger partial charge in [-0.25, -0.2) is 4.79 Å². The standard InChI is InChI=1S/C16H19N3O2/c1-11-7-5-6-8-13(11)19-16(3,15(20)21-4)14-12(2)17-9-10-18-14/h5-10,19H,1-4H3. The van der Waals surface area contributed by atoms with E-state index >= 15 is 0 Å². The van der Waals surface area contributed by atoms with Gasteiger partial charge in [-0.2, -0.15) is 0 Å². The Hall–Kier alpha value is -2.43. The van der Waals surface area contributed by atoms with Gasteiger partial charge in [-0.05, 0) is 32.4 Å². The van der Waals surface area contributed by atoms with Crippen molar-refractivity contribution < 1.29 is 9.53 Å². The zero-order chi connectivity index (χ0) is 15.5. The predicted octanol–water partition coefficient (Wildman–Crippen LogP) is 2.59. The van der Waals surface area contributed by atoms with Crippen LogP contribution in [0.5, 0.6) is 0 Å². The zero-order valence-corrected chi connectivity index (χ0v) is 12.7. The fourth-order valence-corrected chi connectivity index (χ4v) is 2.29. The molecule has 5 nitrogen and oxygen atoms in total. The lowest BCUT2D eigenvalue weighted by atomic mass is 9.94. The highest BCUT2D eigenvalue weighted by Gasteiger charge is 2.39. The van der Waals surface area contributed by atoms with Gasteiger partial charge >= 0.3 is 5.97 Å². The Labute approximate surface area is 124 Å². The van der Waals surface area contributed by atoms with Crippen molar-refractivity contribution in [1.82, 2.24) is 9.97 Å². The van der Waals surface area contributed by atoms with Gasteiger partial charge in [0.2, 0.25) is 0 Å². The number of anilines is 1. The number of hydrogen-bond donors (Lipinski definition) is 1. The third-order valence-electron chi connectivity index (χ3n) is 3.48. The molecule has 21 heavy (non-hydrogen) atoms. The Morgan fingerprint density at radius 2 is 1.86 bits per heavy atom. The third kappa shape index (κ3) is 2.86. The molecule has 0 aliphatic rings. The molecule has 2 aromatic rings. The number of rotatable bonds is 4. The molecule has 0 saturated carbocycles. The lowest BCUT2D eigenvalue weighted by molar-refractivity contribution is -0.145. The van der Waals surface area contributed by atoms with E-state index < -0.39 is 11.5 Å². The van der Waals surface area contributed by atoms with Crippen LogP contribution in [0.2, 0.25) is 0 Å². The number of carbonyl (C=O) groups excluding carboxylic acids is 1. The second-order valence-electron chi connectivity index (χ2n) is 5.05. The summed E-state index contributed by atoms with van der Waals surface area (Å²) in [6.07, 6.45) is 3.17. The highest BCUT2D eigenvalue weighted by Crippen LogP contribution is 2.29. The van der Waals surface area contributed by atoms with Crippen LogP contribution in [0.3, 0.4) is 0 Å². The summed E-state index contributed by atoms with van der Waals surface area (Å²) >= 11 is 0. The number of carbonyl (C=O) groups is 1. The Morgan fingerprint density at radius 1 is 1.19 bits per heavy atom. The number of para-hydroxylation sites is 1. The van der Waals surface area contributed by atoms with Crippen LogP contribution in [0.4, 0.5) is 5.69 Å². The number of methoxy groups -OCH3 is 1. The monoisotopic (exact) mass is 285 g/mol. The molecule has 0 spiro atoms. The number of ether oxygens (including phenoxy) is 1. The first-order valence-corrected chi connectivity index (χ1v) is 6.69. The summed E-state index contributed by atoms with van der Waals surface area (Å²) in [7, 11) is 1.37. The van der Waals surface area contributed by atoms with Gasteiger partial charge in [0.05, 0.1) is 18.5 Å². The average Bonchev–Trinajstić information content (AvgIpc) is 2.49. The fourth-order valence-electron chi connectivity index (χ4n) is 2.29. The molecule has 1 aromatic heterocycles. The van der Waals surface area contributed by atoms with E-state index in [0.29, 0.717) is 11.4 Å². The average molecular weight is 285 g/mol. The molecule has 1 atom stereocenters. The van der Waals surface area contributed by atoms with Crippen molar-refractivity contribution in [3.05, 3.63) is 53.6 Å². The minimum atomic E-state index is -1.10. The van der Waals surface area contributed by atoms with E-state index in [9.17, 15) is 4.79 Å². The van der Waals surface area contributed by atoms with Gasteiger partial charge in [0.15, 0.2) is 5.54 Å². The van der Waals surface area contributed by atoms with E-state index in [1.807, 2.05) is 38.1 Å². The summed E-state index contributed by atoms with van der Waals surface area (Å²) in [4.78, 5) is 20.9. The largest absolute Gasteiger partial charge is 0.467 e. The summed E-state index contributed by atoms with van der Waals surface area (Å²) in [6.45, 7) is 5.55. The summed E-state index contributed by atoms with van der Waals surface area (Å²) in [5.41, 5.74) is 2.04. The van der Waals surface area contributed by atoms with Crippen LogP contribution in [0, 0.1) is 13.8 Å². The maximum Gasteiger partial charge on any atom is 0.337 e. The maximum atomic E-state index is 12.3. The molecule has 0 fully saturated rings. The van der Waals surface area contributed by atoms with Crippen LogP contribution >= 0.6 is 0 Å². The Balaban J connectivity index is 2.51. The van der Waals surface area contributed by atoms with Gasteiger partial charge in [-0.1, -0.05) is 18.2 Å². The van der Waals surface area contributed by atoms with Crippen molar-refractivity contribution in [3.8, 4) is 0 Å². The van der Waals surface area contributed by atoms with Crippen molar-refractivity contribution in [1.29, 1.82) is 0 Å². The predicted molar refractivity (Wildman–Crippen MR) is 80.9 cm³/mol. The summed E-state index contributed by atoms with van der Waals surface area (Å²) in [5.74, 6) is -0.408. The van der Waals surface area contributed by atoms with Crippen LogP contribution in [0.25, 0.3) is 0 Å². The van der Waals surface area contributed by atoms with Crippen LogP contribution in [0.15, 0.2) is 36.7 Å². The smallest absolute Gasteiger partial charge is 0.337 e. The molecule has 0 aliphatic heterocycles. The number of esters is 1. The first-order chi connectivity index (χ1) is 9.99. The molecule has 0 aliphatic carbocycles. The molecular formula is C16H19N3O2. The van der Waals surface area contributed by atoms with E-state index in [1.54, 1.807) is 19.3 Å². The molecule has 0 saturated heterocycles. The van der Waals surface area contributed by atoms with Gasteiger partial charge in [0.25, 0.3) is 0 Å². The SMILES string of the molecule is COC(=O)C(C)(Nc1ccccc1C)c1nccnc1C. The Bertz CT molecular complexity index is 657. The number of nitrogens with one attached hydrogen (secondary N) is 1. The minimum Gasteiger partial charge on any atom is -0.467 e. The number of aromatic nitrogens is 2. The molecule has 1 aromatic carbocycles. The van der Waals surface area contributed by atoms with Gasteiger partial charge in [-0.15, -0.1) is 0 Å². The Kier molecular flexibility index (Phi) is 4.21. The van der Waals surface area contributed by atoms with Gasteiger partial charge in [0, 0.05) is 18.1 Å². The molecule has 1 unspecified atom stereocenters. The van der Waals surface area contributed by atoms with Gasteiger partial charge in [-0.3, -0.25) is 9.97 Å². The second-order valence-corrected chi connectivity index (χ2v) is 5.05. The number of aryl methyl sites for hydroxylation is 2. The van der Waals surface area contributed by atoms with Gasteiger partial charge < -0.3 is 10.1 Å². The molecular weight excluding hydrogens is 266 g/mol. The second kappa shape index (κ2) is 5.91. The first-order valence-electron chi connectivity index (χ1n) is 6.69. The van der Waals surface area contributed by atoms with Crippen LogP contribution in [0.1, 0.15) is 23.9 Å². The minimum absolute atomic E-state index is 0.408.